The largest absolute Gasteiger partial charge is 0.334 e. The molecule has 124 valence electrons. The maximum atomic E-state index is 12.7. The Morgan fingerprint density at radius 3 is 2.75 bits per heavy atom. The molecule has 1 aliphatic heterocycles. The molecule has 4 rings (SSSR count). The average molecular weight is 325 g/mol. The predicted octanol–water partition coefficient (Wildman–Crippen LogP) is 1.88. The predicted molar refractivity (Wildman–Crippen MR) is 86.2 cm³/mol. The second-order valence-corrected chi connectivity index (χ2v) is 6.36. The van der Waals surface area contributed by atoms with Gasteiger partial charge in [-0.25, -0.2) is 9.48 Å². The van der Waals surface area contributed by atoms with E-state index in [-0.39, 0.29) is 30.4 Å². The van der Waals surface area contributed by atoms with Crippen LogP contribution in [0.1, 0.15) is 31.4 Å². The zero-order valence-corrected chi connectivity index (χ0v) is 13.3. The van der Waals surface area contributed by atoms with E-state index >= 15 is 0 Å². The Morgan fingerprint density at radius 1 is 1.12 bits per heavy atom. The van der Waals surface area contributed by atoms with Crippen molar-refractivity contribution in [2.45, 2.75) is 38.3 Å². The summed E-state index contributed by atoms with van der Waals surface area (Å²) >= 11 is 0. The van der Waals surface area contributed by atoms with E-state index in [0.29, 0.717) is 5.69 Å². The molecule has 24 heavy (non-hydrogen) atoms. The van der Waals surface area contributed by atoms with Crippen molar-refractivity contribution in [1.29, 1.82) is 0 Å². The van der Waals surface area contributed by atoms with Gasteiger partial charge in [-0.2, -0.15) is 0 Å². The highest BCUT2D eigenvalue weighted by molar-refractivity contribution is 5.98. The summed E-state index contributed by atoms with van der Waals surface area (Å²) in [5.74, 6) is -0.182. The minimum absolute atomic E-state index is 0.00463. The van der Waals surface area contributed by atoms with Crippen LogP contribution in [0.25, 0.3) is 5.69 Å². The summed E-state index contributed by atoms with van der Waals surface area (Å²) in [6.07, 6.45) is 5.60. The van der Waals surface area contributed by atoms with Gasteiger partial charge in [0, 0.05) is 6.04 Å². The molecule has 7 heteroatoms. The van der Waals surface area contributed by atoms with Crippen LogP contribution in [0, 0.1) is 5.92 Å². The average Bonchev–Trinajstić information content (AvgIpc) is 3.08. The van der Waals surface area contributed by atoms with Gasteiger partial charge in [0.1, 0.15) is 5.69 Å². The number of urea groups is 1. The van der Waals surface area contributed by atoms with Gasteiger partial charge in [-0.15, -0.1) is 5.10 Å². The van der Waals surface area contributed by atoms with Crippen LogP contribution in [0.15, 0.2) is 36.5 Å². The lowest BCUT2D eigenvalue weighted by molar-refractivity contribution is -0.137. The smallest absolute Gasteiger partial charge is 0.324 e. The van der Waals surface area contributed by atoms with E-state index < -0.39 is 0 Å². The number of carbonyl (C=O) groups is 2. The summed E-state index contributed by atoms with van der Waals surface area (Å²) in [6.45, 7) is 0.153. The van der Waals surface area contributed by atoms with Crippen LogP contribution in [0.3, 0.4) is 0 Å². The molecule has 1 aromatic carbocycles. The fourth-order valence-corrected chi connectivity index (χ4v) is 3.53. The summed E-state index contributed by atoms with van der Waals surface area (Å²) in [6, 6.07) is 9.28. The van der Waals surface area contributed by atoms with Crippen LogP contribution >= 0.6 is 0 Å². The fraction of sp³-hybridized carbons (Fsp3) is 0.412. The highest BCUT2D eigenvalue weighted by Crippen LogP contribution is 2.29. The Morgan fingerprint density at radius 2 is 1.92 bits per heavy atom. The van der Waals surface area contributed by atoms with E-state index in [0.717, 1.165) is 31.4 Å². The van der Waals surface area contributed by atoms with Gasteiger partial charge >= 0.3 is 6.03 Å². The Balaban J connectivity index is 1.51. The van der Waals surface area contributed by atoms with E-state index in [4.69, 9.17) is 0 Å². The van der Waals surface area contributed by atoms with Gasteiger partial charge in [-0.3, -0.25) is 9.69 Å². The van der Waals surface area contributed by atoms with Crippen LogP contribution in [0.5, 0.6) is 0 Å². The number of para-hydroxylation sites is 1. The number of hydrogen-bond acceptors (Lipinski definition) is 4. The van der Waals surface area contributed by atoms with E-state index in [1.165, 1.54) is 4.90 Å². The highest BCUT2D eigenvalue weighted by Gasteiger charge is 2.42. The van der Waals surface area contributed by atoms with Gasteiger partial charge in [0.05, 0.1) is 24.3 Å². The quantitative estimate of drug-likeness (QED) is 0.934. The molecule has 2 aromatic rings. The molecule has 1 N–H and O–H groups in total. The molecule has 7 nitrogen and oxygen atoms in total. The number of benzene rings is 1. The first-order valence-corrected chi connectivity index (χ1v) is 8.31. The summed E-state index contributed by atoms with van der Waals surface area (Å²) in [7, 11) is 0. The van der Waals surface area contributed by atoms with Crippen LogP contribution < -0.4 is 5.32 Å². The SMILES string of the molecule is O=C1NC2CCCCC2C(=O)N1Cc1cn(-c2ccccc2)nn1. The van der Waals surface area contributed by atoms with Crippen molar-refractivity contribution < 1.29 is 9.59 Å². The summed E-state index contributed by atoms with van der Waals surface area (Å²) in [4.78, 5) is 26.2. The Bertz CT molecular complexity index is 757. The minimum atomic E-state index is -0.322. The standard InChI is InChI=1S/C17H19N5O2/c23-16-14-8-4-5-9-15(14)18-17(24)21(16)10-12-11-22(20-19-12)13-6-2-1-3-7-13/h1-3,6-7,11,14-15H,4-5,8-10H2,(H,18,24). The third-order valence-corrected chi connectivity index (χ3v) is 4.78. The molecule has 2 atom stereocenters. The third kappa shape index (κ3) is 2.66. The topological polar surface area (TPSA) is 80.1 Å². The monoisotopic (exact) mass is 325 g/mol. The lowest BCUT2D eigenvalue weighted by atomic mass is 9.82. The molecular weight excluding hydrogens is 306 g/mol. The molecule has 1 saturated carbocycles. The van der Waals surface area contributed by atoms with Crippen molar-refractivity contribution in [2.24, 2.45) is 5.92 Å². The van der Waals surface area contributed by atoms with Crippen molar-refractivity contribution in [1.82, 2.24) is 25.2 Å². The number of nitrogens with zero attached hydrogens (tertiary/aromatic N) is 4. The van der Waals surface area contributed by atoms with Gasteiger partial charge in [-0.1, -0.05) is 36.3 Å². The highest BCUT2D eigenvalue weighted by atomic mass is 16.2. The Kier molecular flexibility index (Phi) is 3.76. The van der Waals surface area contributed by atoms with Crippen LogP contribution in [-0.4, -0.2) is 37.9 Å². The lowest BCUT2D eigenvalue weighted by Crippen LogP contribution is -2.60. The molecule has 0 spiro atoms. The normalized spacial score (nSPS) is 23.8. The molecule has 2 heterocycles. The van der Waals surface area contributed by atoms with Crippen LogP contribution in [0.2, 0.25) is 0 Å². The minimum Gasteiger partial charge on any atom is -0.334 e. The van der Waals surface area contributed by atoms with Crippen molar-refractivity contribution in [3.05, 3.63) is 42.2 Å². The van der Waals surface area contributed by atoms with Gasteiger partial charge in [-0.05, 0) is 25.0 Å². The molecular formula is C17H19N5O2. The number of hydrogen-bond donors (Lipinski definition) is 1. The van der Waals surface area contributed by atoms with E-state index in [1.807, 2.05) is 30.3 Å². The first kappa shape index (κ1) is 14.9. The van der Waals surface area contributed by atoms with Crippen molar-refractivity contribution >= 4 is 11.9 Å². The molecule has 3 amide bonds. The first-order chi connectivity index (χ1) is 11.7. The molecule has 2 aliphatic rings. The zero-order valence-electron chi connectivity index (χ0n) is 13.3. The van der Waals surface area contributed by atoms with Gasteiger partial charge in [0.25, 0.3) is 0 Å². The molecule has 2 unspecified atom stereocenters. The number of amides is 3. The maximum Gasteiger partial charge on any atom is 0.324 e. The summed E-state index contributed by atoms with van der Waals surface area (Å²) < 4.78 is 1.64. The van der Waals surface area contributed by atoms with Gasteiger partial charge in [0.15, 0.2) is 0 Å². The number of fused-ring (bicyclic) bond motifs is 1. The van der Waals surface area contributed by atoms with Crippen molar-refractivity contribution in [3.8, 4) is 5.69 Å². The second-order valence-electron chi connectivity index (χ2n) is 6.36. The van der Waals surface area contributed by atoms with Crippen LogP contribution in [0.4, 0.5) is 4.79 Å². The van der Waals surface area contributed by atoms with Crippen molar-refractivity contribution in [3.63, 3.8) is 0 Å². The molecule has 0 bridgehead atoms. The molecule has 0 radical (unpaired) electrons. The van der Waals surface area contributed by atoms with E-state index in [1.54, 1.807) is 10.9 Å². The third-order valence-electron chi connectivity index (χ3n) is 4.78. The number of aromatic nitrogens is 3. The maximum absolute atomic E-state index is 12.7. The first-order valence-electron chi connectivity index (χ1n) is 8.31. The number of rotatable bonds is 3. The molecule has 1 saturated heterocycles. The number of nitrogens with one attached hydrogen (secondary N) is 1. The lowest BCUT2D eigenvalue weighted by Gasteiger charge is -2.39. The number of carbonyl (C=O) groups excluding carboxylic acids is 2. The second kappa shape index (κ2) is 6.07. The molecule has 2 fully saturated rings. The van der Waals surface area contributed by atoms with E-state index in [9.17, 15) is 9.59 Å². The number of imide groups is 1. The zero-order chi connectivity index (χ0) is 16.5. The van der Waals surface area contributed by atoms with E-state index in [2.05, 4.69) is 15.6 Å². The Labute approximate surface area is 139 Å². The molecule has 1 aromatic heterocycles. The molecule has 1 aliphatic carbocycles. The fourth-order valence-electron chi connectivity index (χ4n) is 3.53. The van der Waals surface area contributed by atoms with Gasteiger partial charge in [0.2, 0.25) is 5.91 Å². The Hall–Kier alpha value is -2.70. The van der Waals surface area contributed by atoms with Crippen molar-refractivity contribution in [2.75, 3.05) is 0 Å². The summed E-state index contributed by atoms with van der Waals surface area (Å²) in [5.41, 5.74) is 1.48. The van der Waals surface area contributed by atoms with Crippen LogP contribution in [-0.2, 0) is 11.3 Å². The van der Waals surface area contributed by atoms with Gasteiger partial charge < -0.3 is 5.32 Å². The summed E-state index contributed by atoms with van der Waals surface area (Å²) in [5, 5.41) is 11.1.